The molecule has 7 aliphatic carbocycles. The van der Waals surface area contributed by atoms with Gasteiger partial charge in [-0.25, -0.2) is 0 Å². The van der Waals surface area contributed by atoms with Gasteiger partial charge < -0.3 is 23.7 Å². The van der Waals surface area contributed by atoms with Crippen LogP contribution in [0.15, 0.2) is 0 Å². The van der Waals surface area contributed by atoms with Gasteiger partial charge in [0.2, 0.25) is 0 Å². The highest BCUT2D eigenvalue weighted by molar-refractivity contribution is 5.73. The van der Waals surface area contributed by atoms with Crippen LogP contribution in [0.4, 0.5) is 0 Å². The van der Waals surface area contributed by atoms with Gasteiger partial charge in [0.15, 0.2) is 6.29 Å². The second-order valence-electron chi connectivity index (χ2n) is 18.8. The lowest BCUT2D eigenvalue weighted by Gasteiger charge is -2.63. The van der Waals surface area contributed by atoms with E-state index in [1.807, 2.05) is 13.8 Å². The third-order valence-corrected chi connectivity index (χ3v) is 14.1. The van der Waals surface area contributed by atoms with Crippen molar-refractivity contribution in [3.63, 3.8) is 0 Å². The van der Waals surface area contributed by atoms with Gasteiger partial charge in [-0.3, -0.25) is 19.3 Å². The van der Waals surface area contributed by atoms with Gasteiger partial charge in [-0.05, 0) is 101 Å². The quantitative estimate of drug-likeness (QED) is 0.0333. The van der Waals surface area contributed by atoms with Crippen molar-refractivity contribution in [2.75, 3.05) is 32.8 Å². The van der Waals surface area contributed by atoms with E-state index in [2.05, 4.69) is 18.7 Å². The topological polar surface area (TPSA) is 101 Å². The summed E-state index contributed by atoms with van der Waals surface area (Å²) >= 11 is 0. The Balaban J connectivity index is 1.22. The summed E-state index contributed by atoms with van der Waals surface area (Å²) in [7, 11) is 0. The summed E-state index contributed by atoms with van der Waals surface area (Å²) in [5.74, 6) is 0.328. The number of hydrogen-bond acceptors (Lipinski definition) is 9. The Kier molecular flexibility index (Phi) is 17.2. The van der Waals surface area contributed by atoms with Gasteiger partial charge in [-0.1, -0.05) is 91.9 Å². The van der Waals surface area contributed by atoms with Crippen LogP contribution in [0.3, 0.4) is 0 Å². The number of rotatable bonds is 28. The number of likely N-dealkylation sites (N-methyl/N-ethyl adjacent to an activating group) is 1. The zero-order valence-corrected chi connectivity index (χ0v) is 35.6. The molecule has 9 heteroatoms. The van der Waals surface area contributed by atoms with Crippen LogP contribution in [-0.2, 0) is 38.1 Å². The first-order valence-corrected chi connectivity index (χ1v) is 23.2. The standard InChI is InChI=1S/C46H79NO8/c1-5-9-11-13-15-17-27-51-42(52-28-18-16-14-12-10-6-2)20-19-39(48)53-44-29-38-30-45(34-44,54-40(49)32-43-24-21-37(22-25-43)23-26-43)36-46(31-38,35-44)55-41(50)33-47(7-3)8-4/h37-38,42H,5-36H2,1-4H3. The maximum Gasteiger partial charge on any atom is 0.320 e. The third kappa shape index (κ3) is 13.1. The van der Waals surface area contributed by atoms with E-state index in [4.69, 9.17) is 23.7 Å². The molecule has 7 rings (SSSR count). The average molecular weight is 774 g/mol. The Bertz CT molecular complexity index is 1170. The van der Waals surface area contributed by atoms with Crippen LogP contribution >= 0.6 is 0 Å². The lowest BCUT2D eigenvalue weighted by molar-refractivity contribution is -0.273. The lowest BCUT2D eigenvalue weighted by Crippen LogP contribution is -2.69. The predicted molar refractivity (Wildman–Crippen MR) is 215 cm³/mol. The molecule has 9 nitrogen and oxygen atoms in total. The minimum absolute atomic E-state index is 0.0665. The molecule has 4 unspecified atom stereocenters. The van der Waals surface area contributed by atoms with E-state index in [-0.39, 0.29) is 42.2 Å². The highest BCUT2D eigenvalue weighted by Crippen LogP contribution is 2.63. The summed E-state index contributed by atoms with van der Waals surface area (Å²) < 4.78 is 32.1. The van der Waals surface area contributed by atoms with Gasteiger partial charge in [0, 0.05) is 38.9 Å². The van der Waals surface area contributed by atoms with Gasteiger partial charge in [0.25, 0.3) is 0 Å². The van der Waals surface area contributed by atoms with E-state index in [0.717, 1.165) is 76.8 Å². The zero-order chi connectivity index (χ0) is 39.2. The molecule has 4 atom stereocenters. The molecular weight excluding hydrogens is 695 g/mol. The zero-order valence-electron chi connectivity index (χ0n) is 35.6. The molecule has 0 spiro atoms. The predicted octanol–water partition coefficient (Wildman–Crippen LogP) is 10.4. The highest BCUT2D eigenvalue weighted by Gasteiger charge is 2.68. The van der Waals surface area contributed by atoms with Crippen molar-refractivity contribution < 1.29 is 38.1 Å². The van der Waals surface area contributed by atoms with Crippen molar-refractivity contribution in [3.05, 3.63) is 0 Å². The first-order valence-electron chi connectivity index (χ1n) is 23.2. The van der Waals surface area contributed by atoms with Crippen molar-refractivity contribution in [1.29, 1.82) is 0 Å². The molecule has 0 aromatic heterocycles. The molecule has 7 fully saturated rings. The average Bonchev–Trinajstić information content (AvgIpc) is 3.14. The summed E-state index contributed by atoms with van der Waals surface area (Å²) in [6.45, 7) is 11.6. The third-order valence-electron chi connectivity index (χ3n) is 14.1. The molecule has 7 aliphatic rings. The van der Waals surface area contributed by atoms with E-state index >= 15 is 0 Å². The Hall–Kier alpha value is -1.71. The largest absolute Gasteiger partial charge is 0.459 e. The summed E-state index contributed by atoms with van der Waals surface area (Å²) in [5, 5.41) is 0. The molecule has 55 heavy (non-hydrogen) atoms. The smallest absolute Gasteiger partial charge is 0.320 e. The van der Waals surface area contributed by atoms with Crippen LogP contribution in [0.5, 0.6) is 0 Å². The molecule has 0 heterocycles. The number of carbonyl (C=O) groups excluding carboxylic acids is 3. The van der Waals surface area contributed by atoms with Crippen LogP contribution < -0.4 is 0 Å². The number of unbranched alkanes of at least 4 members (excludes halogenated alkanes) is 10. The van der Waals surface area contributed by atoms with Crippen molar-refractivity contribution in [2.45, 2.75) is 224 Å². The maximum absolute atomic E-state index is 13.9. The second-order valence-corrected chi connectivity index (χ2v) is 18.8. The molecule has 7 saturated carbocycles. The fourth-order valence-electron chi connectivity index (χ4n) is 11.5. The minimum Gasteiger partial charge on any atom is -0.459 e. The van der Waals surface area contributed by atoms with Crippen molar-refractivity contribution in [3.8, 4) is 0 Å². The second kappa shape index (κ2) is 21.3. The van der Waals surface area contributed by atoms with Crippen LogP contribution in [0, 0.1) is 17.3 Å². The van der Waals surface area contributed by atoms with Gasteiger partial charge >= 0.3 is 17.9 Å². The Morgan fingerprint density at radius 1 is 0.582 bits per heavy atom. The molecule has 316 valence electrons. The van der Waals surface area contributed by atoms with Crippen molar-refractivity contribution in [1.82, 2.24) is 4.90 Å². The number of ether oxygens (including phenoxy) is 5. The molecule has 0 aromatic rings. The Morgan fingerprint density at radius 3 is 1.53 bits per heavy atom. The summed E-state index contributed by atoms with van der Waals surface area (Å²) in [6, 6.07) is 0. The fourth-order valence-corrected chi connectivity index (χ4v) is 11.5. The summed E-state index contributed by atoms with van der Waals surface area (Å²) in [6.07, 6.45) is 25.5. The molecule has 0 aromatic carbocycles. The Morgan fingerprint density at radius 2 is 1.04 bits per heavy atom. The molecule has 0 saturated heterocycles. The number of carbonyl (C=O) groups is 3. The molecule has 0 N–H and O–H groups in total. The van der Waals surface area contributed by atoms with E-state index in [0.29, 0.717) is 51.7 Å². The van der Waals surface area contributed by atoms with Crippen molar-refractivity contribution >= 4 is 17.9 Å². The van der Waals surface area contributed by atoms with E-state index in [9.17, 15) is 14.4 Å². The van der Waals surface area contributed by atoms with Gasteiger partial charge in [-0.2, -0.15) is 0 Å². The van der Waals surface area contributed by atoms with E-state index in [1.165, 1.54) is 70.6 Å². The molecule has 6 bridgehead atoms. The number of esters is 3. The van der Waals surface area contributed by atoms with Gasteiger partial charge in [0.05, 0.1) is 19.4 Å². The number of nitrogens with zero attached hydrogens (tertiary/aromatic N) is 1. The lowest BCUT2D eigenvalue weighted by atomic mass is 9.50. The molecule has 0 radical (unpaired) electrons. The molecular formula is C46H79NO8. The highest BCUT2D eigenvalue weighted by atomic mass is 16.7. The first-order chi connectivity index (χ1) is 26.6. The normalized spacial score (nSPS) is 30.7. The van der Waals surface area contributed by atoms with Crippen LogP contribution in [-0.4, -0.2) is 78.7 Å². The SMILES string of the molecule is CCCCCCCCOC(CCC(=O)OC12CC3CC(OC(=O)CN(CC)CC)(C1)CC(OC(=O)CC14CCC(CC1)CC4)(C3)C2)OCCCCCCCC. The minimum atomic E-state index is -0.832. The van der Waals surface area contributed by atoms with E-state index in [1.54, 1.807) is 0 Å². The molecule has 0 aliphatic heterocycles. The van der Waals surface area contributed by atoms with Crippen molar-refractivity contribution in [2.24, 2.45) is 17.3 Å². The number of fused-ring (bicyclic) bond motifs is 3. The van der Waals surface area contributed by atoms with Crippen LogP contribution in [0.25, 0.3) is 0 Å². The first kappa shape index (κ1) is 44.4. The van der Waals surface area contributed by atoms with Crippen LogP contribution in [0.2, 0.25) is 0 Å². The van der Waals surface area contributed by atoms with Gasteiger partial charge in [-0.15, -0.1) is 0 Å². The van der Waals surface area contributed by atoms with E-state index < -0.39 is 23.1 Å². The monoisotopic (exact) mass is 774 g/mol. The van der Waals surface area contributed by atoms with Crippen LogP contribution in [0.1, 0.15) is 201 Å². The molecule has 0 amide bonds. The van der Waals surface area contributed by atoms with Gasteiger partial charge in [0.1, 0.15) is 16.8 Å². The maximum atomic E-state index is 13.9. The Labute approximate surface area is 334 Å². The number of hydrogen-bond donors (Lipinski definition) is 0. The summed E-state index contributed by atoms with van der Waals surface area (Å²) in [4.78, 5) is 43.3. The fraction of sp³-hybridized carbons (Fsp3) is 0.935. The summed E-state index contributed by atoms with van der Waals surface area (Å²) in [5.41, 5.74) is -2.37.